The van der Waals surface area contributed by atoms with E-state index >= 15 is 0 Å². The molecule has 1 saturated heterocycles. The van der Waals surface area contributed by atoms with E-state index in [0.717, 1.165) is 24.4 Å². The molecule has 0 saturated carbocycles. The van der Waals surface area contributed by atoms with Gasteiger partial charge in [0, 0.05) is 18.8 Å². The van der Waals surface area contributed by atoms with E-state index in [4.69, 9.17) is 11.6 Å². The lowest BCUT2D eigenvalue weighted by Crippen LogP contribution is -2.30. The maximum Gasteiger partial charge on any atom is 0.433 e. The fourth-order valence-electron chi connectivity index (χ4n) is 3.00. The lowest BCUT2D eigenvalue weighted by atomic mass is 10.0. The van der Waals surface area contributed by atoms with E-state index in [9.17, 15) is 28.2 Å². The van der Waals surface area contributed by atoms with Crippen LogP contribution in [-0.2, 0) is 6.18 Å². The highest BCUT2D eigenvalue weighted by molar-refractivity contribution is 6.32. The summed E-state index contributed by atoms with van der Waals surface area (Å²) in [6.45, 7) is 0.377. The van der Waals surface area contributed by atoms with E-state index in [1.54, 1.807) is 0 Å². The molecule has 1 aromatic carbocycles. The van der Waals surface area contributed by atoms with Gasteiger partial charge in [0.05, 0.1) is 16.6 Å². The number of rotatable bonds is 2. The van der Waals surface area contributed by atoms with Gasteiger partial charge in [-0.05, 0) is 30.5 Å². The Bertz CT molecular complexity index is 840. The highest BCUT2D eigenvalue weighted by Gasteiger charge is 2.35. The average molecular weight is 387 g/mol. The number of pyridine rings is 1. The zero-order chi connectivity index (χ0) is 19.1. The van der Waals surface area contributed by atoms with Crippen molar-refractivity contribution in [3.8, 4) is 11.5 Å². The number of amides is 1. The molecule has 138 valence electrons. The number of halogens is 4. The van der Waals surface area contributed by atoms with Crippen LogP contribution < -0.4 is 0 Å². The average Bonchev–Trinajstić information content (AvgIpc) is 3.06. The van der Waals surface area contributed by atoms with Gasteiger partial charge in [0.2, 0.25) is 0 Å². The van der Waals surface area contributed by atoms with Crippen molar-refractivity contribution in [1.82, 2.24) is 9.88 Å². The molecule has 3 rings (SSSR count). The van der Waals surface area contributed by atoms with Crippen molar-refractivity contribution in [1.29, 1.82) is 0 Å². The zero-order valence-electron chi connectivity index (χ0n) is 13.3. The minimum Gasteiger partial charge on any atom is -0.507 e. The van der Waals surface area contributed by atoms with Gasteiger partial charge in [0.1, 0.15) is 17.2 Å². The first-order valence-corrected chi connectivity index (χ1v) is 8.12. The Labute approximate surface area is 151 Å². The number of alkyl halides is 3. The second-order valence-corrected chi connectivity index (χ2v) is 6.36. The molecule has 1 atom stereocenters. The summed E-state index contributed by atoms with van der Waals surface area (Å²) in [6, 6.07) is 3.86. The van der Waals surface area contributed by atoms with Crippen molar-refractivity contribution in [3.05, 3.63) is 52.3 Å². The van der Waals surface area contributed by atoms with Crippen LogP contribution in [0.15, 0.2) is 30.5 Å². The normalized spacial score (nSPS) is 17.5. The van der Waals surface area contributed by atoms with Crippen molar-refractivity contribution in [2.24, 2.45) is 0 Å². The molecule has 1 aromatic heterocycles. The second kappa shape index (κ2) is 6.68. The van der Waals surface area contributed by atoms with Gasteiger partial charge >= 0.3 is 6.18 Å². The lowest BCUT2D eigenvalue weighted by molar-refractivity contribution is -0.141. The molecule has 1 fully saturated rings. The largest absolute Gasteiger partial charge is 0.507 e. The van der Waals surface area contributed by atoms with Crippen LogP contribution in [-0.4, -0.2) is 32.5 Å². The van der Waals surface area contributed by atoms with Crippen molar-refractivity contribution in [2.75, 3.05) is 6.54 Å². The smallest absolute Gasteiger partial charge is 0.433 e. The molecule has 1 aliphatic heterocycles. The van der Waals surface area contributed by atoms with Crippen LogP contribution in [0.3, 0.4) is 0 Å². The van der Waals surface area contributed by atoms with Gasteiger partial charge in [-0.15, -0.1) is 0 Å². The third kappa shape index (κ3) is 3.41. The molecular formula is C17H14ClF3N2O3. The van der Waals surface area contributed by atoms with Crippen molar-refractivity contribution < 1.29 is 28.2 Å². The summed E-state index contributed by atoms with van der Waals surface area (Å²) in [6.07, 6.45) is -2.20. The summed E-state index contributed by atoms with van der Waals surface area (Å²) in [4.78, 5) is 17.7. The molecule has 0 bridgehead atoms. The Morgan fingerprint density at radius 2 is 1.96 bits per heavy atom. The van der Waals surface area contributed by atoms with E-state index in [2.05, 4.69) is 4.98 Å². The SMILES string of the molecule is O=C(c1cc(Cl)c(O)cc1O)N1CCC[C@@H]1c1ccc(C(F)(F)F)nc1. The minimum atomic E-state index is -4.53. The molecule has 2 aromatic rings. The summed E-state index contributed by atoms with van der Waals surface area (Å²) in [5.74, 6) is -1.30. The van der Waals surface area contributed by atoms with Gasteiger partial charge in [-0.1, -0.05) is 17.7 Å². The molecule has 2 heterocycles. The Balaban J connectivity index is 1.89. The molecular weight excluding hydrogens is 373 g/mol. The van der Waals surface area contributed by atoms with Crippen molar-refractivity contribution >= 4 is 17.5 Å². The molecule has 0 unspecified atom stereocenters. The molecule has 0 radical (unpaired) electrons. The maximum absolute atomic E-state index is 12.8. The topological polar surface area (TPSA) is 73.7 Å². The molecule has 0 aliphatic carbocycles. The number of nitrogens with zero attached hydrogens (tertiary/aromatic N) is 2. The fourth-order valence-corrected chi connectivity index (χ4v) is 3.17. The number of carbonyl (C=O) groups is 1. The summed E-state index contributed by atoms with van der Waals surface area (Å²) >= 11 is 5.80. The van der Waals surface area contributed by atoms with Crippen LogP contribution in [0.4, 0.5) is 13.2 Å². The number of hydrogen-bond donors (Lipinski definition) is 2. The molecule has 1 amide bonds. The summed E-state index contributed by atoms with van der Waals surface area (Å²) < 4.78 is 38.0. The molecule has 1 aliphatic rings. The molecule has 2 N–H and O–H groups in total. The minimum absolute atomic E-state index is 0.0837. The van der Waals surface area contributed by atoms with Gasteiger partial charge < -0.3 is 15.1 Å². The zero-order valence-corrected chi connectivity index (χ0v) is 14.1. The molecule has 26 heavy (non-hydrogen) atoms. The van der Waals surface area contributed by atoms with Crippen LogP contribution in [0.5, 0.6) is 11.5 Å². The highest BCUT2D eigenvalue weighted by Crippen LogP contribution is 2.37. The number of phenolic OH excluding ortho intramolecular Hbond substituents is 2. The van der Waals surface area contributed by atoms with Gasteiger partial charge in [-0.2, -0.15) is 13.2 Å². The van der Waals surface area contributed by atoms with Crippen molar-refractivity contribution in [2.45, 2.75) is 25.1 Å². The quantitative estimate of drug-likeness (QED) is 0.813. The third-order valence-electron chi connectivity index (χ3n) is 4.27. The van der Waals surface area contributed by atoms with E-state index in [1.807, 2.05) is 0 Å². The van der Waals surface area contributed by atoms with Crippen LogP contribution in [0.1, 0.15) is 40.5 Å². The number of phenols is 2. The van der Waals surface area contributed by atoms with E-state index < -0.39 is 29.6 Å². The van der Waals surface area contributed by atoms with E-state index in [0.29, 0.717) is 24.9 Å². The van der Waals surface area contributed by atoms with Crippen LogP contribution in [0.25, 0.3) is 0 Å². The van der Waals surface area contributed by atoms with E-state index in [1.165, 1.54) is 11.0 Å². The number of benzene rings is 1. The van der Waals surface area contributed by atoms with Gasteiger partial charge in [0.15, 0.2) is 0 Å². The second-order valence-electron chi connectivity index (χ2n) is 5.95. The predicted molar refractivity (Wildman–Crippen MR) is 87.0 cm³/mol. The molecule has 5 nitrogen and oxygen atoms in total. The van der Waals surface area contributed by atoms with Crippen LogP contribution in [0.2, 0.25) is 5.02 Å². The summed E-state index contributed by atoms with van der Waals surface area (Å²) in [5, 5.41) is 19.3. The van der Waals surface area contributed by atoms with Crippen molar-refractivity contribution in [3.63, 3.8) is 0 Å². The van der Waals surface area contributed by atoms with Crippen LogP contribution in [0, 0.1) is 0 Å². The van der Waals surface area contributed by atoms with Gasteiger partial charge in [-0.3, -0.25) is 9.78 Å². The van der Waals surface area contributed by atoms with E-state index in [-0.39, 0.29) is 16.3 Å². The Morgan fingerprint density at radius 3 is 2.58 bits per heavy atom. The Hall–Kier alpha value is -2.48. The molecule has 9 heteroatoms. The first-order valence-electron chi connectivity index (χ1n) is 7.74. The number of hydrogen-bond acceptors (Lipinski definition) is 4. The monoisotopic (exact) mass is 386 g/mol. The number of aromatic nitrogens is 1. The summed E-state index contributed by atoms with van der Waals surface area (Å²) in [5.41, 5.74) is -0.604. The van der Waals surface area contributed by atoms with Crippen LogP contribution >= 0.6 is 11.6 Å². The highest BCUT2D eigenvalue weighted by atomic mass is 35.5. The fraction of sp³-hybridized carbons (Fsp3) is 0.294. The lowest BCUT2D eigenvalue weighted by Gasteiger charge is -2.25. The number of aromatic hydroxyl groups is 2. The van der Waals surface area contributed by atoms with Gasteiger partial charge in [-0.25, -0.2) is 0 Å². The standard InChI is InChI=1S/C17H14ClF3N2O3/c18-11-6-10(13(24)7-14(11)25)16(26)23-5-1-2-12(23)9-3-4-15(22-8-9)17(19,20)21/h3-4,6-8,12,24-25H,1-2,5H2/t12-/m1/s1. The first-order chi connectivity index (χ1) is 12.2. The number of likely N-dealkylation sites (tertiary alicyclic amines) is 1. The maximum atomic E-state index is 12.8. The Morgan fingerprint density at radius 1 is 1.23 bits per heavy atom. The first kappa shape index (κ1) is 18.3. The Kier molecular flexibility index (Phi) is 4.70. The van der Waals surface area contributed by atoms with Gasteiger partial charge in [0.25, 0.3) is 5.91 Å². The number of carbonyl (C=O) groups excluding carboxylic acids is 1. The third-order valence-corrected chi connectivity index (χ3v) is 4.57. The summed E-state index contributed by atoms with van der Waals surface area (Å²) in [7, 11) is 0. The molecule has 0 spiro atoms. The predicted octanol–water partition coefficient (Wildman–Crippen LogP) is 4.14.